The van der Waals surface area contributed by atoms with Crippen molar-refractivity contribution in [1.82, 2.24) is 9.62 Å². The number of likely N-dealkylation sites (tertiary alicyclic amines) is 1. The molecule has 0 bridgehead atoms. The number of carbonyl (C=O) groups is 1. The first-order valence-electron chi connectivity index (χ1n) is 7.31. The lowest BCUT2D eigenvalue weighted by Crippen LogP contribution is -2.42. The Hall–Kier alpha value is -1.40. The van der Waals surface area contributed by atoms with Crippen LogP contribution in [0.3, 0.4) is 0 Å². The zero-order chi connectivity index (χ0) is 15.0. The smallest absolute Gasteiger partial charge is 0.241 e. The van der Waals surface area contributed by atoms with Gasteiger partial charge in [0.05, 0.1) is 5.25 Å². The van der Waals surface area contributed by atoms with E-state index in [4.69, 9.17) is 0 Å². The molecule has 1 amide bonds. The number of amides is 1. The summed E-state index contributed by atoms with van der Waals surface area (Å²) in [5, 5.41) is -0.281. The second-order valence-electron chi connectivity index (χ2n) is 5.95. The van der Waals surface area contributed by atoms with Crippen LogP contribution in [-0.4, -0.2) is 37.1 Å². The predicted octanol–water partition coefficient (Wildman–Crippen LogP) is 1.18. The third-order valence-electron chi connectivity index (χ3n) is 4.06. The highest BCUT2D eigenvalue weighted by Crippen LogP contribution is 2.28. The normalized spacial score (nSPS) is 22.8. The Kier molecular flexibility index (Phi) is 3.75. The van der Waals surface area contributed by atoms with Gasteiger partial charge in [0.25, 0.3) is 0 Å². The molecule has 21 heavy (non-hydrogen) atoms. The highest BCUT2D eigenvalue weighted by atomic mass is 32.2. The van der Waals surface area contributed by atoms with Crippen LogP contribution in [-0.2, 0) is 21.4 Å². The first-order chi connectivity index (χ1) is 9.95. The van der Waals surface area contributed by atoms with Gasteiger partial charge in [-0.3, -0.25) is 4.79 Å². The van der Waals surface area contributed by atoms with Gasteiger partial charge in [0.15, 0.2) is 0 Å². The van der Waals surface area contributed by atoms with E-state index in [-0.39, 0.29) is 11.2 Å². The SMILES string of the molecule is Cc1ccc(CN2CCC(NS(=O)(=O)C3CC3)C2=O)cc1. The molecule has 1 aliphatic carbocycles. The van der Waals surface area contributed by atoms with Crippen molar-refractivity contribution >= 4 is 15.9 Å². The van der Waals surface area contributed by atoms with E-state index in [2.05, 4.69) is 4.72 Å². The first-order valence-corrected chi connectivity index (χ1v) is 8.86. The van der Waals surface area contributed by atoms with E-state index in [9.17, 15) is 13.2 Å². The van der Waals surface area contributed by atoms with Crippen LogP contribution in [0.4, 0.5) is 0 Å². The summed E-state index contributed by atoms with van der Waals surface area (Å²) in [5.74, 6) is -0.111. The molecule has 1 aliphatic heterocycles. The van der Waals surface area contributed by atoms with E-state index in [0.29, 0.717) is 32.4 Å². The quantitative estimate of drug-likeness (QED) is 0.888. The van der Waals surface area contributed by atoms with Gasteiger partial charge in [-0.25, -0.2) is 13.1 Å². The monoisotopic (exact) mass is 308 g/mol. The third kappa shape index (κ3) is 3.27. The van der Waals surface area contributed by atoms with Gasteiger partial charge in [-0.15, -0.1) is 0 Å². The topological polar surface area (TPSA) is 66.5 Å². The molecular formula is C15H20N2O3S. The molecule has 1 saturated heterocycles. The lowest BCUT2D eigenvalue weighted by atomic mass is 10.1. The Bertz CT molecular complexity index is 635. The summed E-state index contributed by atoms with van der Waals surface area (Å²) in [6.45, 7) is 3.17. The van der Waals surface area contributed by atoms with Crippen LogP contribution in [0.25, 0.3) is 0 Å². The van der Waals surface area contributed by atoms with Gasteiger partial charge in [-0.1, -0.05) is 29.8 Å². The van der Waals surface area contributed by atoms with E-state index in [1.54, 1.807) is 4.90 Å². The van der Waals surface area contributed by atoms with E-state index in [0.717, 1.165) is 5.56 Å². The summed E-state index contributed by atoms with van der Waals surface area (Å²) in [4.78, 5) is 14.0. The molecule has 3 rings (SSSR count). The zero-order valence-corrected chi connectivity index (χ0v) is 12.9. The number of hydrogen-bond acceptors (Lipinski definition) is 3. The molecule has 0 aromatic heterocycles. The molecule has 1 heterocycles. The summed E-state index contributed by atoms with van der Waals surface area (Å²) in [6, 6.07) is 7.46. The molecule has 1 aromatic rings. The lowest BCUT2D eigenvalue weighted by Gasteiger charge is -2.17. The molecular weight excluding hydrogens is 288 g/mol. The maximum absolute atomic E-state index is 12.3. The van der Waals surface area contributed by atoms with Crippen LogP contribution in [0, 0.1) is 6.92 Å². The number of benzene rings is 1. The molecule has 1 unspecified atom stereocenters. The molecule has 2 fully saturated rings. The van der Waals surface area contributed by atoms with Crippen molar-refractivity contribution in [3.8, 4) is 0 Å². The molecule has 114 valence electrons. The highest BCUT2D eigenvalue weighted by molar-refractivity contribution is 7.90. The van der Waals surface area contributed by atoms with Crippen LogP contribution in [0.2, 0.25) is 0 Å². The molecule has 2 aliphatic rings. The Labute approximate surface area is 125 Å². The summed E-state index contributed by atoms with van der Waals surface area (Å²) in [5.41, 5.74) is 2.25. The first kappa shape index (κ1) is 14.5. The third-order valence-corrected chi connectivity index (χ3v) is 6.02. The van der Waals surface area contributed by atoms with E-state index in [1.807, 2.05) is 31.2 Å². The minimum Gasteiger partial charge on any atom is -0.337 e. The van der Waals surface area contributed by atoms with Crippen molar-refractivity contribution < 1.29 is 13.2 Å². The molecule has 1 saturated carbocycles. The molecule has 0 radical (unpaired) electrons. The number of hydrogen-bond donors (Lipinski definition) is 1. The Morgan fingerprint density at radius 2 is 1.86 bits per heavy atom. The Balaban J connectivity index is 1.62. The summed E-state index contributed by atoms with van der Waals surface area (Å²) >= 11 is 0. The number of nitrogens with one attached hydrogen (secondary N) is 1. The van der Waals surface area contributed by atoms with Crippen molar-refractivity contribution in [3.05, 3.63) is 35.4 Å². The second kappa shape index (κ2) is 5.42. The van der Waals surface area contributed by atoms with Crippen molar-refractivity contribution in [3.63, 3.8) is 0 Å². The van der Waals surface area contributed by atoms with Gasteiger partial charge < -0.3 is 4.90 Å². The van der Waals surface area contributed by atoms with Crippen molar-refractivity contribution in [2.24, 2.45) is 0 Å². The fraction of sp³-hybridized carbons (Fsp3) is 0.533. The molecule has 1 N–H and O–H groups in total. The standard InChI is InChI=1S/C15H20N2O3S/c1-11-2-4-12(5-3-11)10-17-9-8-14(15(17)18)16-21(19,20)13-6-7-13/h2-5,13-14,16H,6-10H2,1H3. The molecule has 1 atom stereocenters. The lowest BCUT2D eigenvalue weighted by molar-refractivity contribution is -0.129. The molecule has 0 spiro atoms. The number of sulfonamides is 1. The number of carbonyl (C=O) groups excluding carboxylic acids is 1. The van der Waals surface area contributed by atoms with Gasteiger partial charge in [-0.2, -0.15) is 0 Å². The number of aryl methyl sites for hydroxylation is 1. The Morgan fingerprint density at radius 1 is 1.19 bits per heavy atom. The minimum atomic E-state index is -3.30. The fourth-order valence-corrected chi connectivity index (χ4v) is 4.16. The highest BCUT2D eigenvalue weighted by Gasteiger charge is 2.41. The van der Waals surface area contributed by atoms with Gasteiger partial charge >= 0.3 is 0 Å². The van der Waals surface area contributed by atoms with Crippen molar-refractivity contribution in [1.29, 1.82) is 0 Å². The average Bonchev–Trinajstić information content (AvgIpc) is 3.24. The van der Waals surface area contributed by atoms with Gasteiger partial charge in [-0.05, 0) is 31.7 Å². The van der Waals surface area contributed by atoms with Crippen molar-refractivity contribution in [2.75, 3.05) is 6.54 Å². The van der Waals surface area contributed by atoms with E-state index >= 15 is 0 Å². The number of nitrogens with zero attached hydrogens (tertiary/aromatic N) is 1. The summed E-state index contributed by atoms with van der Waals surface area (Å²) < 4.78 is 26.4. The van der Waals surface area contributed by atoms with Crippen molar-refractivity contribution in [2.45, 2.75) is 44.0 Å². The van der Waals surface area contributed by atoms with E-state index in [1.165, 1.54) is 5.56 Å². The van der Waals surface area contributed by atoms with Gasteiger partial charge in [0, 0.05) is 13.1 Å². The summed E-state index contributed by atoms with van der Waals surface area (Å²) in [6.07, 6.45) is 1.98. The minimum absolute atomic E-state index is 0.111. The van der Waals surface area contributed by atoms with Gasteiger partial charge in [0.2, 0.25) is 15.9 Å². The van der Waals surface area contributed by atoms with Crippen LogP contribution in [0.1, 0.15) is 30.4 Å². The zero-order valence-electron chi connectivity index (χ0n) is 12.1. The largest absolute Gasteiger partial charge is 0.337 e. The van der Waals surface area contributed by atoms with Crippen LogP contribution < -0.4 is 4.72 Å². The average molecular weight is 308 g/mol. The molecule has 6 heteroatoms. The van der Waals surface area contributed by atoms with Gasteiger partial charge in [0.1, 0.15) is 6.04 Å². The van der Waals surface area contributed by atoms with Crippen LogP contribution >= 0.6 is 0 Å². The molecule has 1 aromatic carbocycles. The maximum atomic E-state index is 12.3. The maximum Gasteiger partial charge on any atom is 0.241 e. The van der Waals surface area contributed by atoms with Crippen LogP contribution in [0.15, 0.2) is 24.3 Å². The summed E-state index contributed by atoms with van der Waals surface area (Å²) in [7, 11) is -3.30. The number of rotatable bonds is 5. The molecule has 5 nitrogen and oxygen atoms in total. The van der Waals surface area contributed by atoms with Crippen LogP contribution in [0.5, 0.6) is 0 Å². The fourth-order valence-electron chi connectivity index (χ4n) is 2.59. The Morgan fingerprint density at radius 3 is 2.48 bits per heavy atom. The van der Waals surface area contributed by atoms with E-state index < -0.39 is 16.1 Å². The predicted molar refractivity (Wildman–Crippen MR) is 80.1 cm³/mol. The second-order valence-corrected chi connectivity index (χ2v) is 7.94.